The van der Waals surface area contributed by atoms with Crippen molar-refractivity contribution in [1.82, 2.24) is 24.5 Å². The second-order valence-corrected chi connectivity index (χ2v) is 7.81. The minimum Gasteiger partial charge on any atom is -0.368 e. The van der Waals surface area contributed by atoms with Gasteiger partial charge >= 0.3 is 0 Å². The molecule has 0 aliphatic rings. The first-order chi connectivity index (χ1) is 13.3. The smallest absolute Gasteiger partial charge is 0.182 e. The number of nitrogens with one attached hydrogen (secondary N) is 2. The Hall–Kier alpha value is -2.90. The summed E-state index contributed by atoms with van der Waals surface area (Å²) in [4.78, 5) is 15.7. The molecule has 1 aromatic carbocycles. The number of aromatic nitrogens is 5. The third-order valence-electron chi connectivity index (χ3n) is 4.50. The number of thiophene rings is 1. The minimum atomic E-state index is 0.665. The van der Waals surface area contributed by atoms with Gasteiger partial charge in [0.2, 0.25) is 0 Å². The van der Waals surface area contributed by atoms with Crippen LogP contribution in [0.1, 0.15) is 5.56 Å². The van der Waals surface area contributed by atoms with E-state index in [-0.39, 0.29) is 0 Å². The van der Waals surface area contributed by atoms with Gasteiger partial charge in [0.05, 0.1) is 16.2 Å². The van der Waals surface area contributed by atoms with E-state index in [0.717, 1.165) is 33.6 Å². The van der Waals surface area contributed by atoms with Crippen molar-refractivity contribution < 1.29 is 0 Å². The van der Waals surface area contributed by atoms with Crippen LogP contribution in [-0.4, -0.2) is 31.0 Å². The lowest BCUT2D eigenvalue weighted by Gasteiger charge is -2.05. The molecule has 0 amide bonds. The monoisotopic (exact) mass is 394 g/mol. The van der Waals surface area contributed by atoms with E-state index in [9.17, 15) is 0 Å². The van der Waals surface area contributed by atoms with Crippen LogP contribution in [0, 0.1) is 0 Å². The predicted molar refractivity (Wildman–Crippen MR) is 110 cm³/mol. The van der Waals surface area contributed by atoms with E-state index in [0.29, 0.717) is 5.65 Å². The van der Waals surface area contributed by atoms with E-state index in [1.807, 2.05) is 6.07 Å². The maximum absolute atomic E-state index is 6.13. The molecular formula is C19H15ClN6S. The van der Waals surface area contributed by atoms with Crippen LogP contribution in [0.3, 0.4) is 0 Å². The Kier molecular flexibility index (Phi) is 4.03. The zero-order chi connectivity index (χ0) is 18.2. The van der Waals surface area contributed by atoms with Crippen molar-refractivity contribution >= 4 is 50.8 Å². The number of imidazole rings is 1. The maximum Gasteiger partial charge on any atom is 0.182 e. The lowest BCUT2D eigenvalue weighted by Crippen LogP contribution is -2.07. The van der Waals surface area contributed by atoms with Crippen LogP contribution in [0.15, 0.2) is 55.2 Å². The molecule has 0 radical (unpaired) electrons. The number of benzene rings is 1. The summed E-state index contributed by atoms with van der Waals surface area (Å²) in [5, 5.41) is 5.75. The van der Waals surface area contributed by atoms with Crippen molar-refractivity contribution in [3.63, 3.8) is 0 Å². The summed E-state index contributed by atoms with van der Waals surface area (Å²) < 4.78 is 3.00. The number of H-pyrrole nitrogens is 1. The summed E-state index contributed by atoms with van der Waals surface area (Å²) in [6, 6.07) is 12.4. The fourth-order valence-corrected chi connectivity index (χ4v) is 4.30. The van der Waals surface area contributed by atoms with Gasteiger partial charge in [-0.3, -0.25) is 0 Å². The maximum atomic E-state index is 6.13. The third-order valence-corrected chi connectivity index (χ3v) is 5.73. The summed E-state index contributed by atoms with van der Waals surface area (Å²) in [6.07, 6.45) is 6.22. The summed E-state index contributed by atoms with van der Waals surface area (Å²) >= 11 is 7.71. The molecule has 0 aliphatic heterocycles. The molecule has 4 heterocycles. The van der Waals surface area contributed by atoms with E-state index >= 15 is 0 Å². The molecule has 0 saturated carbocycles. The van der Waals surface area contributed by atoms with E-state index in [1.165, 1.54) is 22.8 Å². The average molecular weight is 395 g/mol. The Labute approximate surface area is 163 Å². The van der Waals surface area contributed by atoms with Crippen molar-refractivity contribution in [3.8, 4) is 5.00 Å². The van der Waals surface area contributed by atoms with Gasteiger partial charge < -0.3 is 14.9 Å². The molecule has 0 bridgehead atoms. The van der Waals surface area contributed by atoms with Crippen molar-refractivity contribution in [2.24, 2.45) is 0 Å². The van der Waals surface area contributed by atoms with Gasteiger partial charge in [0, 0.05) is 18.1 Å². The second kappa shape index (κ2) is 6.68. The molecular weight excluding hydrogens is 380 g/mol. The van der Waals surface area contributed by atoms with Crippen LogP contribution in [0.2, 0.25) is 4.34 Å². The van der Waals surface area contributed by atoms with Crippen molar-refractivity contribution in [1.29, 1.82) is 0 Å². The molecule has 0 fully saturated rings. The van der Waals surface area contributed by atoms with Gasteiger partial charge in [-0.05, 0) is 30.2 Å². The molecule has 0 aliphatic carbocycles. The van der Waals surface area contributed by atoms with Crippen molar-refractivity contribution in [2.45, 2.75) is 6.42 Å². The Morgan fingerprint density at radius 2 is 2.04 bits per heavy atom. The average Bonchev–Trinajstić information content (AvgIpc) is 3.40. The van der Waals surface area contributed by atoms with Gasteiger partial charge in [-0.1, -0.05) is 29.8 Å². The Morgan fingerprint density at radius 1 is 1.11 bits per heavy atom. The molecule has 27 heavy (non-hydrogen) atoms. The van der Waals surface area contributed by atoms with Gasteiger partial charge in [-0.15, -0.1) is 11.3 Å². The van der Waals surface area contributed by atoms with Crippen LogP contribution < -0.4 is 5.32 Å². The number of rotatable bonds is 5. The van der Waals surface area contributed by atoms with Gasteiger partial charge in [-0.2, -0.15) is 0 Å². The highest BCUT2D eigenvalue weighted by atomic mass is 35.5. The molecule has 4 aromatic heterocycles. The lowest BCUT2D eigenvalue weighted by molar-refractivity contribution is 1.00. The summed E-state index contributed by atoms with van der Waals surface area (Å²) in [5.41, 5.74) is 3.95. The van der Waals surface area contributed by atoms with Crippen LogP contribution in [0.5, 0.6) is 0 Å². The fourth-order valence-electron chi connectivity index (χ4n) is 3.28. The Bertz CT molecular complexity index is 1240. The summed E-state index contributed by atoms with van der Waals surface area (Å²) in [6.45, 7) is 0.754. The molecule has 8 heteroatoms. The van der Waals surface area contributed by atoms with Gasteiger partial charge in [0.25, 0.3) is 0 Å². The number of anilines is 1. The molecule has 0 spiro atoms. The Balaban J connectivity index is 1.43. The van der Waals surface area contributed by atoms with Gasteiger partial charge in [-0.25, -0.2) is 15.0 Å². The fraction of sp³-hybridized carbons (Fsp3) is 0.105. The lowest BCUT2D eigenvalue weighted by atomic mass is 10.1. The highest BCUT2D eigenvalue weighted by Crippen LogP contribution is 2.31. The third kappa shape index (κ3) is 2.94. The number of halogens is 1. The number of aromatic amines is 1. The largest absolute Gasteiger partial charge is 0.368 e. The molecule has 5 aromatic rings. The molecule has 134 valence electrons. The highest BCUT2D eigenvalue weighted by molar-refractivity contribution is 7.18. The van der Waals surface area contributed by atoms with Crippen LogP contribution in [-0.2, 0) is 6.42 Å². The quantitative estimate of drug-likeness (QED) is 0.454. The topological polar surface area (TPSA) is 71.4 Å². The molecule has 0 unspecified atom stereocenters. The van der Waals surface area contributed by atoms with Crippen molar-refractivity contribution in [3.05, 3.63) is 65.1 Å². The minimum absolute atomic E-state index is 0.665. The van der Waals surface area contributed by atoms with E-state index in [2.05, 4.69) is 66.3 Å². The predicted octanol–water partition coefficient (Wildman–Crippen LogP) is 4.67. The number of nitrogens with zero attached hydrogens (tertiary/aromatic N) is 4. The summed E-state index contributed by atoms with van der Waals surface area (Å²) in [5.74, 6) is 0.770. The van der Waals surface area contributed by atoms with E-state index < -0.39 is 0 Å². The highest BCUT2D eigenvalue weighted by Gasteiger charge is 2.11. The SMILES string of the molecule is Clc1ccc(-n2cc(CCNc3ncnc4nc[nH]c34)c3ccccc32)s1. The number of hydrogen-bond acceptors (Lipinski definition) is 5. The van der Waals surface area contributed by atoms with Crippen LogP contribution >= 0.6 is 22.9 Å². The van der Waals surface area contributed by atoms with Gasteiger partial charge in [0.1, 0.15) is 16.8 Å². The molecule has 0 atom stereocenters. The molecule has 6 nitrogen and oxygen atoms in total. The van der Waals surface area contributed by atoms with E-state index in [4.69, 9.17) is 11.6 Å². The van der Waals surface area contributed by atoms with Gasteiger partial charge in [0.15, 0.2) is 11.5 Å². The first kappa shape index (κ1) is 16.3. The Morgan fingerprint density at radius 3 is 2.93 bits per heavy atom. The molecule has 0 saturated heterocycles. The zero-order valence-electron chi connectivity index (χ0n) is 14.2. The molecule has 2 N–H and O–H groups in total. The van der Waals surface area contributed by atoms with E-state index in [1.54, 1.807) is 17.7 Å². The number of hydrogen-bond donors (Lipinski definition) is 2. The van der Waals surface area contributed by atoms with Crippen molar-refractivity contribution in [2.75, 3.05) is 11.9 Å². The number of fused-ring (bicyclic) bond motifs is 2. The van der Waals surface area contributed by atoms with Crippen LogP contribution in [0.4, 0.5) is 5.82 Å². The first-order valence-electron chi connectivity index (χ1n) is 8.52. The first-order valence-corrected chi connectivity index (χ1v) is 9.72. The second-order valence-electron chi connectivity index (χ2n) is 6.12. The standard InChI is InChI=1S/C19H15ClN6S/c20-15-5-6-16(27-15)26-9-12(13-3-1-2-4-14(13)26)7-8-21-18-17-19(23-10-22-17)25-11-24-18/h1-6,9-11H,7-8H2,(H2,21,22,23,24,25). The summed E-state index contributed by atoms with van der Waals surface area (Å²) in [7, 11) is 0. The normalized spacial score (nSPS) is 11.4. The molecule has 5 rings (SSSR count). The van der Waals surface area contributed by atoms with Crippen LogP contribution in [0.25, 0.3) is 27.1 Å². The number of para-hydroxylation sites is 1. The zero-order valence-corrected chi connectivity index (χ0v) is 15.8.